The average Bonchev–Trinajstić information content (AvgIpc) is 3.37. The number of guanidine groups is 1. The van der Waals surface area contributed by atoms with Gasteiger partial charge in [0.2, 0.25) is 0 Å². The minimum atomic E-state index is -0.494. The van der Waals surface area contributed by atoms with E-state index in [1.807, 2.05) is 24.3 Å². The molecule has 3 rings (SSSR count). The summed E-state index contributed by atoms with van der Waals surface area (Å²) in [6, 6.07) is 11.6. The number of benzene rings is 2. The van der Waals surface area contributed by atoms with E-state index in [1.54, 1.807) is 14.2 Å². The number of para-hydroxylation sites is 1. The minimum Gasteiger partial charge on any atom is -0.496 e. The summed E-state index contributed by atoms with van der Waals surface area (Å²) in [5.41, 5.74) is 1.15. The Hall–Kier alpha value is -1.90. The molecule has 0 amide bonds. The maximum Gasteiger partial charge on any atom is 0.191 e. The van der Waals surface area contributed by atoms with Gasteiger partial charge in [0.05, 0.1) is 7.11 Å². The molecule has 0 radical (unpaired) electrons. The van der Waals surface area contributed by atoms with Gasteiger partial charge in [-0.2, -0.15) is 0 Å². The van der Waals surface area contributed by atoms with Crippen LogP contribution < -0.4 is 15.4 Å². The van der Waals surface area contributed by atoms with Crippen LogP contribution in [0.25, 0.3) is 0 Å². The van der Waals surface area contributed by atoms with Gasteiger partial charge in [0, 0.05) is 36.7 Å². The Morgan fingerprint density at radius 3 is 2.50 bits per heavy atom. The van der Waals surface area contributed by atoms with Crippen molar-refractivity contribution in [2.24, 2.45) is 4.99 Å². The van der Waals surface area contributed by atoms with Crippen LogP contribution in [0.15, 0.2) is 47.5 Å². The van der Waals surface area contributed by atoms with Crippen LogP contribution in [0.2, 0.25) is 0 Å². The van der Waals surface area contributed by atoms with E-state index in [1.165, 1.54) is 18.2 Å². The fraction of sp³-hybridized carbons (Fsp3) is 0.316. The molecule has 2 aromatic carbocycles. The molecule has 2 N–H and O–H groups in total. The van der Waals surface area contributed by atoms with Crippen molar-refractivity contribution < 1.29 is 13.5 Å². The molecule has 2 atom stereocenters. The maximum atomic E-state index is 13.9. The summed E-state index contributed by atoms with van der Waals surface area (Å²) in [6.07, 6.45) is 0.674. The molecule has 0 spiro atoms. The highest BCUT2D eigenvalue weighted by molar-refractivity contribution is 14.0. The predicted molar refractivity (Wildman–Crippen MR) is 109 cm³/mol. The minimum absolute atomic E-state index is 0. The maximum absolute atomic E-state index is 13.9. The number of ether oxygens (including phenoxy) is 1. The van der Waals surface area contributed by atoms with Crippen LogP contribution in [-0.4, -0.2) is 26.2 Å². The van der Waals surface area contributed by atoms with Gasteiger partial charge in [0.15, 0.2) is 5.96 Å². The first-order chi connectivity index (χ1) is 12.1. The lowest BCUT2D eigenvalue weighted by Crippen LogP contribution is -2.38. The SMILES string of the molecule is CN=C(NCc1ccccc1OC)NC1CC1c1c(F)cccc1F.I. The quantitative estimate of drug-likeness (QED) is 0.395. The Labute approximate surface area is 169 Å². The zero-order chi connectivity index (χ0) is 17.8. The zero-order valence-electron chi connectivity index (χ0n) is 14.6. The second kappa shape index (κ2) is 9.16. The first kappa shape index (κ1) is 20.4. The van der Waals surface area contributed by atoms with Crippen LogP contribution in [0.4, 0.5) is 8.78 Å². The molecule has 1 saturated carbocycles. The number of halogens is 3. The Morgan fingerprint density at radius 2 is 1.85 bits per heavy atom. The van der Waals surface area contributed by atoms with Crippen LogP contribution in [-0.2, 0) is 6.54 Å². The van der Waals surface area contributed by atoms with E-state index in [4.69, 9.17) is 4.74 Å². The van der Waals surface area contributed by atoms with Gasteiger partial charge in [0.1, 0.15) is 17.4 Å². The highest BCUT2D eigenvalue weighted by Crippen LogP contribution is 2.43. The van der Waals surface area contributed by atoms with Crippen molar-refractivity contribution in [3.63, 3.8) is 0 Å². The summed E-state index contributed by atoms with van der Waals surface area (Å²) in [6.45, 7) is 0.537. The Balaban J connectivity index is 0.00000243. The number of aliphatic imine (C=N–C) groups is 1. The van der Waals surface area contributed by atoms with E-state index < -0.39 is 11.6 Å². The second-order valence-corrected chi connectivity index (χ2v) is 5.97. The molecule has 0 aromatic heterocycles. The third kappa shape index (κ3) is 4.63. The molecule has 2 unspecified atom stereocenters. The molecular weight excluding hydrogens is 451 g/mol. The lowest BCUT2D eigenvalue weighted by atomic mass is 10.1. The molecule has 0 heterocycles. The molecule has 1 aliphatic carbocycles. The van der Waals surface area contributed by atoms with Crippen LogP contribution in [0, 0.1) is 11.6 Å². The molecule has 0 bridgehead atoms. The fourth-order valence-corrected chi connectivity index (χ4v) is 2.94. The first-order valence-electron chi connectivity index (χ1n) is 8.17. The highest BCUT2D eigenvalue weighted by Gasteiger charge is 2.42. The van der Waals surface area contributed by atoms with Crippen LogP contribution >= 0.6 is 24.0 Å². The summed E-state index contributed by atoms with van der Waals surface area (Å²) in [4.78, 5) is 4.18. The summed E-state index contributed by atoms with van der Waals surface area (Å²) in [5, 5.41) is 6.42. The van der Waals surface area contributed by atoms with Gasteiger partial charge in [-0.3, -0.25) is 4.99 Å². The van der Waals surface area contributed by atoms with Crippen molar-refractivity contribution >= 4 is 29.9 Å². The van der Waals surface area contributed by atoms with Gasteiger partial charge >= 0.3 is 0 Å². The number of nitrogens with zero attached hydrogens (tertiary/aromatic N) is 1. The van der Waals surface area contributed by atoms with Crippen molar-refractivity contribution in [1.29, 1.82) is 0 Å². The highest BCUT2D eigenvalue weighted by atomic mass is 127. The first-order valence-corrected chi connectivity index (χ1v) is 8.17. The number of nitrogens with one attached hydrogen (secondary N) is 2. The summed E-state index contributed by atoms with van der Waals surface area (Å²) in [5.74, 6) is 0.224. The summed E-state index contributed by atoms with van der Waals surface area (Å²) < 4.78 is 33.0. The van der Waals surface area contributed by atoms with Crippen molar-refractivity contribution in [3.05, 3.63) is 65.2 Å². The van der Waals surface area contributed by atoms with Gasteiger partial charge in [-0.15, -0.1) is 24.0 Å². The summed E-state index contributed by atoms with van der Waals surface area (Å²) in [7, 11) is 3.29. The molecule has 140 valence electrons. The van der Waals surface area contributed by atoms with E-state index in [9.17, 15) is 8.78 Å². The number of hydrogen-bond acceptors (Lipinski definition) is 2. The van der Waals surface area contributed by atoms with E-state index in [0.717, 1.165) is 11.3 Å². The third-order valence-corrected chi connectivity index (χ3v) is 4.35. The molecule has 0 saturated heterocycles. The second-order valence-electron chi connectivity index (χ2n) is 5.97. The lowest BCUT2D eigenvalue weighted by molar-refractivity contribution is 0.409. The van der Waals surface area contributed by atoms with Gasteiger partial charge in [0.25, 0.3) is 0 Å². The van der Waals surface area contributed by atoms with Gasteiger partial charge < -0.3 is 15.4 Å². The molecule has 1 aliphatic rings. The third-order valence-electron chi connectivity index (χ3n) is 4.35. The van der Waals surface area contributed by atoms with Crippen LogP contribution in [0.3, 0.4) is 0 Å². The van der Waals surface area contributed by atoms with Crippen LogP contribution in [0.1, 0.15) is 23.5 Å². The van der Waals surface area contributed by atoms with E-state index in [-0.39, 0.29) is 41.5 Å². The van der Waals surface area contributed by atoms with Crippen molar-refractivity contribution in [2.75, 3.05) is 14.2 Å². The van der Waals surface area contributed by atoms with Crippen molar-refractivity contribution in [1.82, 2.24) is 10.6 Å². The predicted octanol–water partition coefficient (Wildman–Crippen LogP) is 3.81. The Morgan fingerprint density at radius 1 is 1.15 bits per heavy atom. The zero-order valence-corrected chi connectivity index (χ0v) is 17.0. The van der Waals surface area contributed by atoms with Crippen molar-refractivity contribution in [2.45, 2.75) is 24.9 Å². The molecular formula is C19H22F2IN3O. The van der Waals surface area contributed by atoms with E-state index in [2.05, 4.69) is 15.6 Å². The topological polar surface area (TPSA) is 45.7 Å². The Kier molecular flexibility index (Phi) is 7.19. The molecule has 1 fully saturated rings. The van der Waals surface area contributed by atoms with Crippen molar-refractivity contribution in [3.8, 4) is 5.75 Å². The molecule has 0 aliphatic heterocycles. The average molecular weight is 473 g/mol. The monoisotopic (exact) mass is 473 g/mol. The van der Waals surface area contributed by atoms with E-state index in [0.29, 0.717) is 18.9 Å². The number of methoxy groups -OCH3 is 1. The molecule has 7 heteroatoms. The van der Waals surface area contributed by atoms with Gasteiger partial charge in [-0.1, -0.05) is 24.3 Å². The lowest BCUT2D eigenvalue weighted by Gasteiger charge is -2.14. The van der Waals surface area contributed by atoms with E-state index >= 15 is 0 Å². The van der Waals surface area contributed by atoms with Gasteiger partial charge in [-0.05, 0) is 24.6 Å². The Bertz CT molecular complexity index is 765. The smallest absolute Gasteiger partial charge is 0.191 e. The number of hydrogen-bond donors (Lipinski definition) is 2. The van der Waals surface area contributed by atoms with Crippen LogP contribution in [0.5, 0.6) is 5.75 Å². The fourth-order valence-electron chi connectivity index (χ4n) is 2.94. The number of rotatable bonds is 5. The molecule has 4 nitrogen and oxygen atoms in total. The summed E-state index contributed by atoms with van der Waals surface area (Å²) >= 11 is 0. The molecule has 2 aromatic rings. The largest absolute Gasteiger partial charge is 0.496 e. The van der Waals surface area contributed by atoms with Gasteiger partial charge in [-0.25, -0.2) is 8.78 Å². The normalized spacial score (nSPS) is 18.7. The standard InChI is InChI=1S/C19H21F2N3O.HI/c1-22-19(23-11-12-6-3-4-9-17(12)25-2)24-16-10-13(16)18-14(20)7-5-8-15(18)21;/h3-9,13,16H,10-11H2,1-2H3,(H2,22,23,24);1H. The molecule has 26 heavy (non-hydrogen) atoms.